The average Bonchev–Trinajstić information content (AvgIpc) is 2.81. The maximum Gasteiger partial charge on any atom is 0.416 e. The monoisotopic (exact) mass is 331 g/mol. The number of imidazole rings is 1. The smallest absolute Gasteiger partial charge is 0.337 e. The van der Waals surface area contributed by atoms with Crippen molar-refractivity contribution < 1.29 is 13.2 Å². The Morgan fingerprint density at radius 2 is 1.67 bits per heavy atom. The Labute approximate surface area is 126 Å². The molecule has 2 aromatic heterocycles. The largest absolute Gasteiger partial charge is 0.416 e. The Bertz CT molecular complexity index is 771. The van der Waals surface area contributed by atoms with Gasteiger partial charge in [0.05, 0.1) is 16.1 Å². The third kappa shape index (κ3) is 2.69. The van der Waals surface area contributed by atoms with Gasteiger partial charge in [0, 0.05) is 5.56 Å². The van der Waals surface area contributed by atoms with Crippen LogP contribution in [0.25, 0.3) is 22.6 Å². The van der Waals surface area contributed by atoms with Crippen LogP contribution >= 0.6 is 23.2 Å². The third-order valence-electron chi connectivity index (χ3n) is 2.87. The summed E-state index contributed by atoms with van der Waals surface area (Å²) in [5.41, 5.74) is 0.693. The summed E-state index contributed by atoms with van der Waals surface area (Å²) in [7, 11) is 0. The predicted molar refractivity (Wildman–Crippen MR) is 74.3 cm³/mol. The Morgan fingerprint density at radius 3 is 2.29 bits per heavy atom. The van der Waals surface area contributed by atoms with E-state index >= 15 is 0 Å². The first-order chi connectivity index (χ1) is 9.84. The molecule has 0 fully saturated rings. The minimum atomic E-state index is -4.37. The highest BCUT2D eigenvalue weighted by Gasteiger charge is 2.30. The summed E-state index contributed by atoms with van der Waals surface area (Å²) in [6.07, 6.45) is -4.37. The highest BCUT2D eigenvalue weighted by atomic mass is 35.5. The van der Waals surface area contributed by atoms with E-state index in [1.165, 1.54) is 12.1 Å². The number of benzene rings is 1. The number of alkyl halides is 3. The van der Waals surface area contributed by atoms with Gasteiger partial charge in [0.1, 0.15) is 11.0 Å². The van der Waals surface area contributed by atoms with E-state index in [1.54, 1.807) is 6.07 Å². The van der Waals surface area contributed by atoms with Crippen LogP contribution in [0, 0.1) is 0 Å². The fraction of sp³-hybridized carbons (Fsp3) is 0.0769. The van der Waals surface area contributed by atoms with Crippen LogP contribution in [0.5, 0.6) is 0 Å². The Hall–Kier alpha value is -1.79. The van der Waals surface area contributed by atoms with Crippen molar-refractivity contribution in [1.82, 2.24) is 15.0 Å². The summed E-state index contributed by atoms with van der Waals surface area (Å²) >= 11 is 11.6. The number of fused-ring (bicyclic) bond motifs is 1. The van der Waals surface area contributed by atoms with Crippen molar-refractivity contribution in [2.75, 3.05) is 0 Å². The van der Waals surface area contributed by atoms with Crippen molar-refractivity contribution >= 4 is 34.4 Å². The molecule has 8 heteroatoms. The van der Waals surface area contributed by atoms with Crippen molar-refractivity contribution in [2.24, 2.45) is 0 Å². The summed E-state index contributed by atoms with van der Waals surface area (Å²) in [6, 6.07) is 6.23. The molecule has 0 spiro atoms. The number of halogens is 5. The molecule has 0 saturated carbocycles. The second kappa shape index (κ2) is 4.89. The second-order valence-corrected chi connectivity index (χ2v) is 5.06. The second-order valence-electron chi connectivity index (χ2n) is 4.29. The lowest BCUT2D eigenvalue weighted by atomic mass is 10.1. The first-order valence-electron chi connectivity index (χ1n) is 5.74. The van der Waals surface area contributed by atoms with E-state index in [9.17, 15) is 13.2 Å². The molecule has 3 rings (SSSR count). The van der Waals surface area contributed by atoms with E-state index in [2.05, 4.69) is 15.0 Å². The Kier molecular flexibility index (Phi) is 3.30. The van der Waals surface area contributed by atoms with E-state index < -0.39 is 11.7 Å². The van der Waals surface area contributed by atoms with Crippen molar-refractivity contribution in [3.8, 4) is 11.4 Å². The SMILES string of the molecule is FC(F)(F)c1ccc(-c2nc3nc(Cl)c(Cl)cc3[nH]2)cc1. The van der Waals surface area contributed by atoms with Crippen LogP contribution in [0.3, 0.4) is 0 Å². The highest BCUT2D eigenvalue weighted by Crippen LogP contribution is 2.31. The van der Waals surface area contributed by atoms with Crippen molar-refractivity contribution in [1.29, 1.82) is 0 Å². The van der Waals surface area contributed by atoms with E-state index in [-0.39, 0.29) is 10.2 Å². The Morgan fingerprint density at radius 1 is 1.00 bits per heavy atom. The molecule has 0 aliphatic rings. The molecule has 0 atom stereocenters. The minimum absolute atomic E-state index is 0.120. The van der Waals surface area contributed by atoms with Gasteiger partial charge in [-0.05, 0) is 18.2 Å². The minimum Gasteiger partial charge on any atom is -0.337 e. The number of rotatable bonds is 1. The molecular formula is C13H6Cl2F3N3. The van der Waals surface area contributed by atoms with Crippen molar-refractivity contribution in [3.05, 3.63) is 46.1 Å². The van der Waals surface area contributed by atoms with Crippen LogP contribution in [-0.2, 0) is 6.18 Å². The van der Waals surface area contributed by atoms with Gasteiger partial charge in [-0.1, -0.05) is 35.3 Å². The van der Waals surface area contributed by atoms with Gasteiger partial charge in [-0.2, -0.15) is 13.2 Å². The summed E-state index contributed by atoms with van der Waals surface area (Å²) in [6.45, 7) is 0. The topological polar surface area (TPSA) is 41.6 Å². The number of hydrogen-bond acceptors (Lipinski definition) is 2. The fourth-order valence-corrected chi connectivity index (χ4v) is 2.14. The molecule has 1 aromatic carbocycles. The molecule has 0 radical (unpaired) electrons. The van der Waals surface area contributed by atoms with Crippen LogP contribution in [0.2, 0.25) is 10.2 Å². The summed E-state index contributed by atoms with van der Waals surface area (Å²) < 4.78 is 37.5. The number of nitrogens with zero attached hydrogens (tertiary/aromatic N) is 2. The first kappa shape index (κ1) is 14.2. The van der Waals surface area contributed by atoms with Crippen LogP contribution in [0.4, 0.5) is 13.2 Å². The summed E-state index contributed by atoms with van der Waals surface area (Å²) in [5.74, 6) is 0.393. The van der Waals surface area contributed by atoms with Gasteiger partial charge in [0.25, 0.3) is 0 Å². The van der Waals surface area contributed by atoms with Gasteiger partial charge in [-0.25, -0.2) is 9.97 Å². The maximum atomic E-state index is 12.5. The number of aromatic amines is 1. The third-order valence-corrected chi connectivity index (χ3v) is 3.54. The lowest BCUT2D eigenvalue weighted by Crippen LogP contribution is -2.04. The quantitative estimate of drug-likeness (QED) is 0.641. The molecule has 0 aliphatic heterocycles. The van der Waals surface area contributed by atoms with E-state index in [0.29, 0.717) is 22.6 Å². The lowest BCUT2D eigenvalue weighted by molar-refractivity contribution is -0.137. The maximum absolute atomic E-state index is 12.5. The zero-order valence-corrected chi connectivity index (χ0v) is 11.7. The van der Waals surface area contributed by atoms with Gasteiger partial charge in [-0.3, -0.25) is 0 Å². The predicted octanol–water partition coefficient (Wildman–Crippen LogP) is 4.95. The molecule has 21 heavy (non-hydrogen) atoms. The summed E-state index contributed by atoms with van der Waals surface area (Å²) in [4.78, 5) is 11.1. The number of aromatic nitrogens is 3. The molecule has 0 saturated heterocycles. The molecule has 0 aliphatic carbocycles. The van der Waals surface area contributed by atoms with Crippen LogP contribution in [-0.4, -0.2) is 15.0 Å². The molecule has 0 bridgehead atoms. The molecule has 108 valence electrons. The number of pyridine rings is 1. The summed E-state index contributed by atoms with van der Waals surface area (Å²) in [5, 5.41) is 0.390. The van der Waals surface area contributed by atoms with Gasteiger partial charge < -0.3 is 4.98 Å². The van der Waals surface area contributed by atoms with E-state index in [1.807, 2.05) is 0 Å². The van der Waals surface area contributed by atoms with Crippen LogP contribution in [0.15, 0.2) is 30.3 Å². The van der Waals surface area contributed by atoms with Gasteiger partial charge >= 0.3 is 6.18 Å². The van der Waals surface area contributed by atoms with Crippen molar-refractivity contribution in [3.63, 3.8) is 0 Å². The molecule has 0 amide bonds. The fourth-order valence-electron chi connectivity index (χ4n) is 1.85. The first-order valence-corrected chi connectivity index (χ1v) is 6.49. The highest BCUT2D eigenvalue weighted by molar-refractivity contribution is 6.41. The molecule has 0 unspecified atom stereocenters. The number of nitrogens with one attached hydrogen (secondary N) is 1. The van der Waals surface area contributed by atoms with Crippen molar-refractivity contribution in [2.45, 2.75) is 6.18 Å². The van der Waals surface area contributed by atoms with Gasteiger partial charge in [0.2, 0.25) is 0 Å². The number of H-pyrrole nitrogens is 1. The Balaban J connectivity index is 2.04. The molecular weight excluding hydrogens is 326 g/mol. The van der Waals surface area contributed by atoms with Gasteiger partial charge in [-0.15, -0.1) is 0 Å². The van der Waals surface area contributed by atoms with Crippen LogP contribution in [0.1, 0.15) is 5.56 Å². The molecule has 1 N–H and O–H groups in total. The normalized spacial score (nSPS) is 12.0. The molecule has 3 aromatic rings. The lowest BCUT2D eigenvalue weighted by Gasteiger charge is -2.06. The van der Waals surface area contributed by atoms with Crippen LogP contribution < -0.4 is 0 Å². The van der Waals surface area contributed by atoms with E-state index in [0.717, 1.165) is 12.1 Å². The van der Waals surface area contributed by atoms with E-state index in [4.69, 9.17) is 23.2 Å². The zero-order valence-electron chi connectivity index (χ0n) is 10.2. The zero-order chi connectivity index (χ0) is 15.2. The number of hydrogen-bond donors (Lipinski definition) is 1. The molecule has 2 heterocycles. The van der Waals surface area contributed by atoms with Gasteiger partial charge in [0.15, 0.2) is 5.65 Å². The standard InChI is InChI=1S/C13H6Cl2F3N3/c14-8-5-9-12(20-10(8)15)21-11(19-9)6-1-3-7(4-2-6)13(16,17)18/h1-5H,(H,19,20,21). The average molecular weight is 332 g/mol. The molecule has 3 nitrogen and oxygen atoms in total.